The van der Waals surface area contributed by atoms with Crippen LogP contribution in [-0.4, -0.2) is 45.6 Å². The Morgan fingerprint density at radius 2 is 1.96 bits per heavy atom. The van der Waals surface area contributed by atoms with Crippen LogP contribution in [0.5, 0.6) is 5.75 Å². The highest BCUT2D eigenvalue weighted by Crippen LogP contribution is 2.36. The summed E-state index contributed by atoms with van der Waals surface area (Å²) in [6, 6.07) is 8.73. The van der Waals surface area contributed by atoms with Crippen LogP contribution in [0.15, 0.2) is 30.3 Å². The highest BCUT2D eigenvalue weighted by Gasteiger charge is 2.43. The Labute approximate surface area is 153 Å². The number of rotatable bonds is 4. The molecule has 0 bridgehead atoms. The standard InChI is InChI=1S/C20H25N3O3/c1-13-12-17(22-14(2)21-13)19(24)23-11-5-6-18(23)20(3,25)15-7-9-16(26-4)10-8-15/h7-10,12,18,25H,5-6,11H2,1-4H3/t18-,20-/m1/s1. The van der Waals surface area contributed by atoms with Crippen LogP contribution in [0.2, 0.25) is 0 Å². The molecule has 1 N–H and O–H groups in total. The van der Waals surface area contributed by atoms with Gasteiger partial charge in [0.15, 0.2) is 0 Å². The predicted octanol–water partition coefficient (Wildman–Crippen LogP) is 2.61. The fraction of sp³-hybridized carbons (Fsp3) is 0.450. The molecule has 3 rings (SSSR count). The van der Waals surface area contributed by atoms with Gasteiger partial charge in [-0.05, 0) is 57.4 Å². The average Bonchev–Trinajstić information content (AvgIpc) is 3.11. The van der Waals surface area contributed by atoms with E-state index in [2.05, 4.69) is 9.97 Å². The third-order valence-corrected chi connectivity index (χ3v) is 5.02. The molecule has 6 heteroatoms. The van der Waals surface area contributed by atoms with Crippen molar-refractivity contribution in [2.45, 2.75) is 45.3 Å². The molecule has 2 aromatic rings. The number of benzene rings is 1. The fourth-order valence-electron chi connectivity index (χ4n) is 3.69. The van der Waals surface area contributed by atoms with Crippen molar-refractivity contribution >= 4 is 5.91 Å². The second-order valence-electron chi connectivity index (χ2n) is 6.97. The summed E-state index contributed by atoms with van der Waals surface area (Å²) < 4.78 is 5.19. The number of hydrogen-bond donors (Lipinski definition) is 1. The Balaban J connectivity index is 1.89. The van der Waals surface area contributed by atoms with E-state index in [1.54, 1.807) is 31.9 Å². The van der Waals surface area contributed by atoms with E-state index in [9.17, 15) is 9.90 Å². The summed E-state index contributed by atoms with van der Waals surface area (Å²) >= 11 is 0. The molecule has 26 heavy (non-hydrogen) atoms. The Morgan fingerprint density at radius 1 is 1.27 bits per heavy atom. The van der Waals surface area contributed by atoms with Crippen molar-refractivity contribution in [2.24, 2.45) is 0 Å². The largest absolute Gasteiger partial charge is 0.497 e. The van der Waals surface area contributed by atoms with Crippen molar-refractivity contribution in [1.82, 2.24) is 14.9 Å². The second-order valence-corrected chi connectivity index (χ2v) is 6.97. The summed E-state index contributed by atoms with van der Waals surface area (Å²) in [4.78, 5) is 23.3. The van der Waals surface area contributed by atoms with Gasteiger partial charge in [0.2, 0.25) is 0 Å². The Kier molecular flexibility index (Phi) is 4.96. The van der Waals surface area contributed by atoms with Crippen molar-refractivity contribution in [1.29, 1.82) is 0 Å². The van der Waals surface area contributed by atoms with E-state index >= 15 is 0 Å². The molecule has 2 heterocycles. The highest BCUT2D eigenvalue weighted by atomic mass is 16.5. The van der Waals surface area contributed by atoms with Crippen molar-refractivity contribution in [3.05, 3.63) is 53.1 Å². The molecular formula is C20H25N3O3. The van der Waals surface area contributed by atoms with Crippen LogP contribution >= 0.6 is 0 Å². The molecule has 0 unspecified atom stereocenters. The van der Waals surface area contributed by atoms with Gasteiger partial charge in [0, 0.05) is 12.2 Å². The van der Waals surface area contributed by atoms with Crippen molar-refractivity contribution in [3.63, 3.8) is 0 Å². The van der Waals surface area contributed by atoms with E-state index in [0.717, 1.165) is 29.8 Å². The number of carbonyl (C=O) groups is 1. The lowest BCUT2D eigenvalue weighted by Crippen LogP contribution is -2.48. The lowest BCUT2D eigenvalue weighted by atomic mass is 9.86. The summed E-state index contributed by atoms with van der Waals surface area (Å²) in [5, 5.41) is 11.3. The lowest BCUT2D eigenvalue weighted by Gasteiger charge is -2.37. The molecule has 2 atom stereocenters. The second kappa shape index (κ2) is 7.03. The van der Waals surface area contributed by atoms with Gasteiger partial charge in [-0.15, -0.1) is 0 Å². The number of hydrogen-bond acceptors (Lipinski definition) is 5. The number of aryl methyl sites for hydroxylation is 2. The molecule has 0 aliphatic carbocycles. The number of likely N-dealkylation sites (tertiary alicyclic amines) is 1. The quantitative estimate of drug-likeness (QED) is 0.912. The van der Waals surface area contributed by atoms with Gasteiger partial charge in [-0.25, -0.2) is 9.97 Å². The van der Waals surface area contributed by atoms with Crippen LogP contribution in [0.1, 0.15) is 47.3 Å². The first-order chi connectivity index (χ1) is 12.3. The van der Waals surface area contributed by atoms with Crippen LogP contribution < -0.4 is 4.74 Å². The Hall–Kier alpha value is -2.47. The minimum absolute atomic E-state index is 0.158. The Morgan fingerprint density at radius 3 is 2.58 bits per heavy atom. The normalized spacial score (nSPS) is 19.3. The zero-order valence-corrected chi connectivity index (χ0v) is 15.7. The van der Waals surface area contributed by atoms with E-state index in [1.807, 2.05) is 31.2 Å². The molecule has 0 spiro atoms. The van der Waals surface area contributed by atoms with Gasteiger partial charge < -0.3 is 14.7 Å². The van der Waals surface area contributed by atoms with Gasteiger partial charge in [0.05, 0.1) is 13.2 Å². The highest BCUT2D eigenvalue weighted by molar-refractivity contribution is 5.93. The molecule has 1 aromatic heterocycles. The zero-order chi connectivity index (χ0) is 18.9. The van der Waals surface area contributed by atoms with E-state index < -0.39 is 5.60 Å². The number of aliphatic hydroxyl groups is 1. The molecule has 1 amide bonds. The first kappa shape index (κ1) is 18.3. The predicted molar refractivity (Wildman–Crippen MR) is 98.1 cm³/mol. The van der Waals surface area contributed by atoms with E-state index in [4.69, 9.17) is 4.74 Å². The summed E-state index contributed by atoms with van der Waals surface area (Å²) in [7, 11) is 1.61. The van der Waals surface area contributed by atoms with E-state index in [-0.39, 0.29) is 11.9 Å². The SMILES string of the molecule is COc1ccc([C@@](C)(O)[C@H]2CCCN2C(=O)c2cc(C)nc(C)n2)cc1. The molecule has 0 radical (unpaired) electrons. The lowest BCUT2D eigenvalue weighted by molar-refractivity contribution is -0.0179. The monoisotopic (exact) mass is 355 g/mol. The molecular weight excluding hydrogens is 330 g/mol. The number of carbonyl (C=O) groups excluding carboxylic acids is 1. The smallest absolute Gasteiger partial charge is 0.272 e. The third kappa shape index (κ3) is 3.42. The maximum atomic E-state index is 13.0. The number of methoxy groups -OCH3 is 1. The van der Waals surface area contributed by atoms with E-state index in [1.165, 1.54) is 0 Å². The van der Waals surface area contributed by atoms with E-state index in [0.29, 0.717) is 18.1 Å². The topological polar surface area (TPSA) is 75.6 Å². The molecule has 1 saturated heterocycles. The molecule has 1 aromatic carbocycles. The summed E-state index contributed by atoms with van der Waals surface area (Å²) in [5.41, 5.74) is 0.749. The molecule has 1 aliphatic heterocycles. The van der Waals surface area contributed by atoms with Gasteiger partial charge in [-0.3, -0.25) is 4.79 Å². The Bertz CT molecular complexity index is 782. The van der Waals surface area contributed by atoms with Crippen molar-refractivity contribution < 1.29 is 14.6 Å². The van der Waals surface area contributed by atoms with Gasteiger partial charge >= 0.3 is 0 Å². The van der Waals surface area contributed by atoms with Crippen LogP contribution in [0.3, 0.4) is 0 Å². The maximum absolute atomic E-state index is 13.0. The fourth-order valence-corrected chi connectivity index (χ4v) is 3.69. The van der Waals surface area contributed by atoms with Gasteiger partial charge in [0.25, 0.3) is 5.91 Å². The molecule has 0 saturated carbocycles. The molecule has 138 valence electrons. The van der Waals surface area contributed by atoms with Gasteiger partial charge in [-0.2, -0.15) is 0 Å². The minimum Gasteiger partial charge on any atom is -0.497 e. The molecule has 6 nitrogen and oxygen atoms in total. The van der Waals surface area contributed by atoms with Gasteiger partial charge in [0.1, 0.15) is 22.9 Å². The number of nitrogens with zero attached hydrogens (tertiary/aromatic N) is 3. The van der Waals surface area contributed by atoms with Crippen LogP contribution in [-0.2, 0) is 5.60 Å². The third-order valence-electron chi connectivity index (χ3n) is 5.02. The van der Waals surface area contributed by atoms with Crippen LogP contribution in [0.4, 0.5) is 0 Å². The maximum Gasteiger partial charge on any atom is 0.272 e. The summed E-state index contributed by atoms with van der Waals surface area (Å²) in [6.07, 6.45) is 1.60. The molecule has 1 fully saturated rings. The van der Waals surface area contributed by atoms with Crippen LogP contribution in [0.25, 0.3) is 0 Å². The number of ether oxygens (including phenoxy) is 1. The summed E-state index contributed by atoms with van der Waals surface area (Å²) in [6.45, 7) is 6.00. The number of aromatic nitrogens is 2. The molecule has 1 aliphatic rings. The zero-order valence-electron chi connectivity index (χ0n) is 15.7. The van der Waals surface area contributed by atoms with Crippen molar-refractivity contribution in [3.8, 4) is 5.75 Å². The minimum atomic E-state index is -1.16. The first-order valence-electron chi connectivity index (χ1n) is 8.83. The summed E-state index contributed by atoms with van der Waals surface area (Å²) in [5.74, 6) is 1.15. The first-order valence-corrected chi connectivity index (χ1v) is 8.83. The average molecular weight is 355 g/mol. The number of amides is 1. The van der Waals surface area contributed by atoms with Gasteiger partial charge in [-0.1, -0.05) is 12.1 Å². The van der Waals surface area contributed by atoms with Crippen LogP contribution in [0, 0.1) is 13.8 Å². The van der Waals surface area contributed by atoms with Crippen molar-refractivity contribution in [2.75, 3.05) is 13.7 Å².